The predicted octanol–water partition coefficient (Wildman–Crippen LogP) is 2.68. The maximum absolute atomic E-state index is 14.0. The molecule has 9 heteroatoms. The number of amides is 2. The number of likely N-dealkylation sites (N-methyl/N-ethyl adjacent to an activating group) is 1. The second kappa shape index (κ2) is 11.6. The topological polar surface area (TPSA) is 108 Å². The zero-order valence-corrected chi connectivity index (χ0v) is 22.1. The molecule has 1 aromatic carbocycles. The van der Waals surface area contributed by atoms with Crippen molar-refractivity contribution in [1.29, 1.82) is 0 Å². The van der Waals surface area contributed by atoms with Crippen molar-refractivity contribution in [2.75, 3.05) is 26.8 Å². The van der Waals surface area contributed by atoms with Gasteiger partial charge in [0.05, 0.1) is 24.4 Å². The predicted molar refractivity (Wildman–Crippen MR) is 144 cm³/mol. The van der Waals surface area contributed by atoms with E-state index in [-0.39, 0.29) is 36.4 Å². The molecule has 2 aromatic heterocycles. The van der Waals surface area contributed by atoms with Gasteiger partial charge >= 0.3 is 0 Å². The lowest BCUT2D eigenvalue weighted by molar-refractivity contribution is -0.140. The SMILES string of the molecule is CN[C@@H](C)C(=O)N[C@H](C(=O)N1CCC[C@H]1c1cn2cccc(-c3ccc(CO)cc3)c2n1)C1CCOCC1. The number of fused-ring (bicyclic) bond motifs is 1. The van der Waals surface area contributed by atoms with Gasteiger partial charge in [0.15, 0.2) is 0 Å². The smallest absolute Gasteiger partial charge is 0.246 e. The number of aromatic nitrogens is 2. The van der Waals surface area contributed by atoms with Gasteiger partial charge in [-0.05, 0) is 68.8 Å². The summed E-state index contributed by atoms with van der Waals surface area (Å²) in [5.41, 5.74) is 4.56. The number of imidazole rings is 1. The second-order valence-electron chi connectivity index (χ2n) is 10.3. The van der Waals surface area contributed by atoms with Gasteiger partial charge in [-0.2, -0.15) is 0 Å². The van der Waals surface area contributed by atoms with Gasteiger partial charge in [-0.25, -0.2) is 4.98 Å². The molecule has 0 aliphatic carbocycles. The van der Waals surface area contributed by atoms with Gasteiger partial charge in [0.25, 0.3) is 0 Å². The average molecular weight is 520 g/mol. The summed E-state index contributed by atoms with van der Waals surface area (Å²) < 4.78 is 7.55. The van der Waals surface area contributed by atoms with Crippen LogP contribution in [0.15, 0.2) is 48.8 Å². The number of nitrogens with zero attached hydrogens (tertiary/aromatic N) is 3. The number of pyridine rings is 1. The number of rotatable bonds is 8. The van der Waals surface area contributed by atoms with Crippen LogP contribution in [0.4, 0.5) is 0 Å². The maximum Gasteiger partial charge on any atom is 0.246 e. The van der Waals surface area contributed by atoms with Crippen molar-refractivity contribution in [2.24, 2.45) is 5.92 Å². The van der Waals surface area contributed by atoms with Crippen LogP contribution in [-0.2, 0) is 20.9 Å². The highest BCUT2D eigenvalue weighted by Gasteiger charge is 2.40. The van der Waals surface area contributed by atoms with E-state index in [0.29, 0.717) is 19.8 Å². The van der Waals surface area contributed by atoms with Gasteiger partial charge in [0.1, 0.15) is 11.7 Å². The Morgan fingerprint density at radius 1 is 1.16 bits per heavy atom. The number of carbonyl (C=O) groups is 2. The Bertz CT molecular complexity index is 1270. The minimum Gasteiger partial charge on any atom is -0.392 e. The highest BCUT2D eigenvalue weighted by Crippen LogP contribution is 2.35. The molecule has 4 heterocycles. The molecule has 0 radical (unpaired) electrons. The number of hydrogen-bond donors (Lipinski definition) is 3. The molecule has 0 saturated carbocycles. The van der Waals surface area contributed by atoms with Crippen molar-refractivity contribution in [3.05, 3.63) is 60.0 Å². The molecule has 0 unspecified atom stereocenters. The molecule has 2 amide bonds. The van der Waals surface area contributed by atoms with Crippen LogP contribution in [0.2, 0.25) is 0 Å². The zero-order valence-electron chi connectivity index (χ0n) is 22.1. The first-order chi connectivity index (χ1) is 18.5. The summed E-state index contributed by atoms with van der Waals surface area (Å²) in [6.45, 7) is 3.65. The lowest BCUT2D eigenvalue weighted by Crippen LogP contribution is -2.56. The van der Waals surface area contributed by atoms with Gasteiger partial charge in [0.2, 0.25) is 11.8 Å². The zero-order chi connectivity index (χ0) is 26.6. The Morgan fingerprint density at radius 2 is 1.92 bits per heavy atom. The third-order valence-electron chi connectivity index (χ3n) is 7.95. The van der Waals surface area contributed by atoms with Crippen molar-refractivity contribution in [3.63, 3.8) is 0 Å². The van der Waals surface area contributed by atoms with E-state index in [1.54, 1.807) is 14.0 Å². The molecule has 3 atom stereocenters. The van der Waals surface area contributed by atoms with Crippen molar-refractivity contribution in [2.45, 2.75) is 57.3 Å². The fraction of sp³-hybridized carbons (Fsp3) is 0.483. The molecule has 9 nitrogen and oxygen atoms in total. The highest BCUT2D eigenvalue weighted by atomic mass is 16.5. The number of aliphatic hydroxyl groups is 1. The fourth-order valence-corrected chi connectivity index (χ4v) is 5.56. The number of carbonyl (C=O) groups excluding carboxylic acids is 2. The summed E-state index contributed by atoms with van der Waals surface area (Å²) in [6.07, 6.45) is 7.20. The van der Waals surface area contributed by atoms with Gasteiger partial charge in [-0.15, -0.1) is 0 Å². The number of hydrogen-bond acceptors (Lipinski definition) is 6. The quantitative estimate of drug-likeness (QED) is 0.422. The van der Waals surface area contributed by atoms with Crippen LogP contribution in [0.3, 0.4) is 0 Å². The molecule has 2 aliphatic rings. The van der Waals surface area contributed by atoms with E-state index in [0.717, 1.165) is 53.7 Å². The Kier molecular flexibility index (Phi) is 8.06. The number of likely N-dealkylation sites (tertiary alicyclic amines) is 1. The van der Waals surface area contributed by atoms with Gasteiger partial charge in [0, 0.05) is 37.7 Å². The van der Waals surface area contributed by atoms with Crippen LogP contribution >= 0.6 is 0 Å². The molecule has 2 saturated heterocycles. The summed E-state index contributed by atoms with van der Waals surface area (Å²) in [4.78, 5) is 33.8. The van der Waals surface area contributed by atoms with E-state index in [1.165, 1.54) is 0 Å². The van der Waals surface area contributed by atoms with Crippen molar-refractivity contribution in [1.82, 2.24) is 24.9 Å². The fourth-order valence-electron chi connectivity index (χ4n) is 5.56. The minimum absolute atomic E-state index is 0.00669. The van der Waals surface area contributed by atoms with Gasteiger partial charge in [-0.1, -0.05) is 24.3 Å². The van der Waals surface area contributed by atoms with E-state index in [9.17, 15) is 14.7 Å². The lowest BCUT2D eigenvalue weighted by atomic mass is 9.90. The Labute approximate surface area is 223 Å². The summed E-state index contributed by atoms with van der Waals surface area (Å²) in [6, 6.07) is 10.7. The standard InChI is InChI=1S/C29H37N5O4/c1-19(30-2)28(36)32-26(22-11-15-38-16-12-22)29(37)34-14-4-6-25(34)24-17-33-13-3-5-23(27(33)31-24)21-9-7-20(18-35)8-10-21/h3,5,7-10,13,17,19,22,25-26,30,35H,4,6,11-12,14-16,18H2,1-2H3,(H,32,36)/t19-,25-,26-/m0/s1. The maximum atomic E-state index is 14.0. The molecule has 0 bridgehead atoms. The molecular weight excluding hydrogens is 482 g/mol. The molecule has 38 heavy (non-hydrogen) atoms. The van der Waals surface area contributed by atoms with E-state index < -0.39 is 6.04 Å². The summed E-state index contributed by atoms with van der Waals surface area (Å²) >= 11 is 0. The lowest BCUT2D eigenvalue weighted by Gasteiger charge is -2.35. The second-order valence-corrected chi connectivity index (χ2v) is 10.3. The van der Waals surface area contributed by atoms with Crippen LogP contribution in [-0.4, -0.2) is 70.1 Å². The van der Waals surface area contributed by atoms with E-state index >= 15 is 0 Å². The largest absolute Gasteiger partial charge is 0.392 e. The Hall–Kier alpha value is -3.27. The van der Waals surface area contributed by atoms with E-state index in [1.807, 2.05) is 58.1 Å². The van der Waals surface area contributed by atoms with Crippen LogP contribution in [0.25, 0.3) is 16.8 Å². The molecule has 0 spiro atoms. The number of aliphatic hydroxyl groups excluding tert-OH is 1. The van der Waals surface area contributed by atoms with Crippen LogP contribution < -0.4 is 10.6 Å². The Balaban J connectivity index is 1.43. The first-order valence-electron chi connectivity index (χ1n) is 13.5. The number of ether oxygens (including phenoxy) is 1. The van der Waals surface area contributed by atoms with Gasteiger partial charge < -0.3 is 29.8 Å². The highest BCUT2D eigenvalue weighted by molar-refractivity contribution is 5.90. The van der Waals surface area contributed by atoms with Gasteiger partial charge in [-0.3, -0.25) is 9.59 Å². The first-order valence-corrected chi connectivity index (χ1v) is 13.5. The molecule has 3 aromatic rings. The molecule has 5 rings (SSSR count). The molecule has 202 valence electrons. The average Bonchev–Trinajstić information content (AvgIpc) is 3.63. The van der Waals surface area contributed by atoms with Crippen LogP contribution in [0.5, 0.6) is 0 Å². The summed E-state index contributed by atoms with van der Waals surface area (Å²) in [7, 11) is 1.74. The first kappa shape index (κ1) is 26.3. The van der Waals surface area contributed by atoms with Crippen molar-refractivity contribution in [3.8, 4) is 11.1 Å². The third-order valence-corrected chi connectivity index (χ3v) is 7.95. The van der Waals surface area contributed by atoms with E-state index in [4.69, 9.17) is 9.72 Å². The Morgan fingerprint density at radius 3 is 2.63 bits per heavy atom. The van der Waals surface area contributed by atoms with Crippen molar-refractivity contribution < 1.29 is 19.4 Å². The van der Waals surface area contributed by atoms with Crippen LogP contribution in [0.1, 0.15) is 49.9 Å². The van der Waals surface area contributed by atoms with Crippen molar-refractivity contribution >= 4 is 17.5 Å². The van der Waals surface area contributed by atoms with E-state index in [2.05, 4.69) is 10.6 Å². The monoisotopic (exact) mass is 519 g/mol. The number of benzene rings is 1. The summed E-state index contributed by atoms with van der Waals surface area (Å²) in [5, 5.41) is 15.4. The minimum atomic E-state index is -0.583. The van der Waals surface area contributed by atoms with Crippen LogP contribution in [0, 0.1) is 5.92 Å². The third kappa shape index (κ3) is 5.32. The molecule has 2 aliphatic heterocycles. The molecular formula is C29H37N5O4. The molecule has 3 N–H and O–H groups in total. The summed E-state index contributed by atoms with van der Waals surface area (Å²) in [5.74, 6) is -0.161. The normalized spacial score (nSPS) is 20.0. The molecule has 2 fully saturated rings. The number of nitrogens with one attached hydrogen (secondary N) is 2.